The number of fused-ring (bicyclic) bond motifs is 1. The van der Waals surface area contributed by atoms with Crippen molar-refractivity contribution in [1.82, 2.24) is 0 Å². The van der Waals surface area contributed by atoms with Crippen LogP contribution in [0.4, 0.5) is 0 Å². The van der Waals surface area contributed by atoms with Crippen molar-refractivity contribution in [3.05, 3.63) is 46.5 Å². The molecule has 0 saturated heterocycles. The Kier molecular flexibility index (Phi) is 3.01. The molecule has 88 valence electrons. The summed E-state index contributed by atoms with van der Waals surface area (Å²) in [5.74, 6) is 0.499. The number of carbonyl (C=O) groups excluding carboxylic acids is 1. The molecule has 0 bridgehead atoms. The van der Waals surface area contributed by atoms with Gasteiger partial charge >= 0.3 is 0 Å². The van der Waals surface area contributed by atoms with Crippen LogP contribution in [-0.2, 0) is 0 Å². The lowest BCUT2D eigenvalue weighted by Gasteiger charge is -2.03. The van der Waals surface area contributed by atoms with Gasteiger partial charge in [-0.05, 0) is 53.6 Å². The minimum Gasteiger partial charge on any atom is -0.298 e. The van der Waals surface area contributed by atoms with E-state index in [9.17, 15) is 4.79 Å². The first kappa shape index (κ1) is 11.8. The highest BCUT2D eigenvalue weighted by molar-refractivity contribution is 5.89. The molecule has 1 heteroatoms. The van der Waals surface area contributed by atoms with Crippen molar-refractivity contribution in [3.8, 4) is 11.1 Å². The fourth-order valence-electron chi connectivity index (χ4n) is 2.22. The molecule has 0 aromatic heterocycles. The summed E-state index contributed by atoms with van der Waals surface area (Å²) in [6.07, 6.45) is 0.948. The third-order valence-corrected chi connectivity index (χ3v) is 3.48. The number of hydrogen-bond acceptors (Lipinski definition) is 1. The molecule has 0 saturated carbocycles. The monoisotopic (exact) mass is 226 g/mol. The Morgan fingerprint density at radius 3 is 2.35 bits per heavy atom. The molecule has 0 radical (unpaired) electrons. The second-order valence-electron chi connectivity index (χ2n) is 4.99. The summed E-state index contributed by atoms with van der Waals surface area (Å²) in [6.45, 7) is 8.50. The highest BCUT2D eigenvalue weighted by Gasteiger charge is 2.14. The van der Waals surface area contributed by atoms with E-state index in [1.165, 1.54) is 22.3 Å². The van der Waals surface area contributed by atoms with E-state index in [1.807, 2.05) is 13.0 Å². The molecule has 2 aliphatic rings. The van der Waals surface area contributed by atoms with Crippen LogP contribution in [0.1, 0.15) is 46.8 Å². The first-order chi connectivity index (χ1) is 8.04. The summed E-state index contributed by atoms with van der Waals surface area (Å²) in [5.41, 5.74) is 6.84. The van der Waals surface area contributed by atoms with E-state index in [0.717, 1.165) is 17.4 Å². The van der Waals surface area contributed by atoms with E-state index in [4.69, 9.17) is 0 Å². The van der Waals surface area contributed by atoms with Gasteiger partial charge in [0.25, 0.3) is 0 Å². The van der Waals surface area contributed by atoms with Gasteiger partial charge in [0, 0.05) is 5.56 Å². The molecule has 0 heterocycles. The van der Waals surface area contributed by atoms with E-state index in [-0.39, 0.29) is 0 Å². The topological polar surface area (TPSA) is 17.1 Å². The first-order valence-corrected chi connectivity index (χ1v) is 6.03. The zero-order valence-electron chi connectivity index (χ0n) is 10.9. The zero-order valence-corrected chi connectivity index (χ0v) is 10.9. The molecule has 0 aromatic rings. The molecular weight excluding hydrogens is 208 g/mol. The van der Waals surface area contributed by atoms with Crippen molar-refractivity contribution in [1.29, 1.82) is 0 Å². The fourth-order valence-corrected chi connectivity index (χ4v) is 2.22. The van der Waals surface area contributed by atoms with Crippen LogP contribution in [0.3, 0.4) is 0 Å². The molecule has 1 nitrogen and oxygen atoms in total. The second kappa shape index (κ2) is 4.33. The lowest BCUT2D eigenvalue weighted by molar-refractivity contribution is 0.112. The van der Waals surface area contributed by atoms with Crippen LogP contribution in [0.15, 0.2) is 24.3 Å². The molecule has 0 spiro atoms. The van der Waals surface area contributed by atoms with E-state index < -0.39 is 0 Å². The van der Waals surface area contributed by atoms with Gasteiger partial charge < -0.3 is 0 Å². The Balaban J connectivity index is 2.78. The third kappa shape index (κ3) is 1.97. The number of aldehydes is 1. The highest BCUT2D eigenvalue weighted by atomic mass is 16.1. The van der Waals surface area contributed by atoms with Gasteiger partial charge in [0.05, 0.1) is 0 Å². The van der Waals surface area contributed by atoms with Gasteiger partial charge in [-0.2, -0.15) is 0 Å². The number of aryl methyl sites for hydroxylation is 1. The number of hydrogen-bond donors (Lipinski definition) is 0. The predicted octanol–water partition coefficient (Wildman–Crippen LogP) is 4.34. The van der Waals surface area contributed by atoms with Crippen molar-refractivity contribution in [2.24, 2.45) is 0 Å². The van der Waals surface area contributed by atoms with Gasteiger partial charge in [0.15, 0.2) is 0 Å². The van der Waals surface area contributed by atoms with E-state index >= 15 is 0 Å². The lowest BCUT2D eigenvalue weighted by Crippen LogP contribution is -1.84. The highest BCUT2D eigenvalue weighted by Crippen LogP contribution is 2.34. The maximum atomic E-state index is 11.0. The normalized spacial score (nSPS) is 11.1. The summed E-state index contributed by atoms with van der Waals surface area (Å²) < 4.78 is 0. The van der Waals surface area contributed by atoms with E-state index in [1.54, 1.807) is 0 Å². The van der Waals surface area contributed by atoms with Gasteiger partial charge in [0.1, 0.15) is 6.29 Å². The second-order valence-corrected chi connectivity index (χ2v) is 4.99. The van der Waals surface area contributed by atoms with Crippen molar-refractivity contribution in [3.63, 3.8) is 0 Å². The van der Waals surface area contributed by atoms with Crippen LogP contribution < -0.4 is 0 Å². The molecule has 0 unspecified atom stereocenters. The quantitative estimate of drug-likeness (QED) is 0.696. The summed E-state index contributed by atoms with van der Waals surface area (Å²) in [7, 11) is 0. The van der Waals surface area contributed by atoms with Gasteiger partial charge in [-0.1, -0.05) is 32.0 Å². The molecule has 0 fully saturated rings. The minimum atomic E-state index is 0.499. The molecule has 0 N–H and O–H groups in total. The molecule has 2 rings (SSSR count). The largest absolute Gasteiger partial charge is 0.298 e. The van der Waals surface area contributed by atoms with Crippen LogP contribution in [0.5, 0.6) is 0 Å². The maximum Gasteiger partial charge on any atom is 0.150 e. The average molecular weight is 226 g/mol. The molecular formula is C16H18O. The van der Waals surface area contributed by atoms with Gasteiger partial charge in [0.2, 0.25) is 0 Å². The molecule has 0 aromatic carbocycles. The minimum absolute atomic E-state index is 0.499. The Bertz CT molecular complexity index is 538. The molecule has 0 atom stereocenters. The summed E-state index contributed by atoms with van der Waals surface area (Å²) >= 11 is 0. The maximum absolute atomic E-state index is 11.0. The number of rotatable bonds is 2. The van der Waals surface area contributed by atoms with Crippen LogP contribution in [0.25, 0.3) is 11.1 Å². The van der Waals surface area contributed by atoms with E-state index in [2.05, 4.69) is 39.0 Å². The Morgan fingerprint density at radius 1 is 1.06 bits per heavy atom. The smallest absolute Gasteiger partial charge is 0.150 e. The van der Waals surface area contributed by atoms with Crippen LogP contribution in [-0.4, -0.2) is 6.29 Å². The average Bonchev–Trinajstić information content (AvgIpc) is 2.50. The van der Waals surface area contributed by atoms with E-state index in [0.29, 0.717) is 5.92 Å². The van der Waals surface area contributed by atoms with Crippen molar-refractivity contribution < 1.29 is 4.79 Å². The standard InChI is InChI=1S/C16H18O/c1-10(2)13-6-5-11(3)15-8-14(9-17)12(4)16(15)7-13/h5-10H,1-4H3. The lowest BCUT2D eigenvalue weighted by atomic mass is 10.0. The Labute approximate surface area is 103 Å². The van der Waals surface area contributed by atoms with Gasteiger partial charge in [-0.15, -0.1) is 0 Å². The van der Waals surface area contributed by atoms with Crippen molar-refractivity contribution in [2.75, 3.05) is 0 Å². The first-order valence-electron chi connectivity index (χ1n) is 6.03. The van der Waals surface area contributed by atoms with Crippen LogP contribution in [0, 0.1) is 13.8 Å². The van der Waals surface area contributed by atoms with Gasteiger partial charge in [-0.25, -0.2) is 0 Å². The molecule has 2 aliphatic carbocycles. The van der Waals surface area contributed by atoms with Crippen molar-refractivity contribution >= 4 is 6.29 Å². The summed E-state index contributed by atoms with van der Waals surface area (Å²) in [4.78, 5) is 11.0. The summed E-state index contributed by atoms with van der Waals surface area (Å²) in [5, 5.41) is 0. The molecule has 0 aliphatic heterocycles. The summed E-state index contributed by atoms with van der Waals surface area (Å²) in [6, 6.07) is 8.54. The SMILES string of the molecule is Cc1ccc(C(C)C)cc2c(C)c(C=O)cc1-2. The van der Waals surface area contributed by atoms with Crippen LogP contribution in [0.2, 0.25) is 0 Å². The Morgan fingerprint density at radius 2 is 1.76 bits per heavy atom. The third-order valence-electron chi connectivity index (χ3n) is 3.48. The number of carbonyl (C=O) groups is 1. The van der Waals surface area contributed by atoms with Gasteiger partial charge in [-0.3, -0.25) is 4.79 Å². The Hall–Kier alpha value is -1.63. The molecule has 17 heavy (non-hydrogen) atoms. The van der Waals surface area contributed by atoms with Crippen molar-refractivity contribution in [2.45, 2.75) is 33.6 Å². The zero-order chi connectivity index (χ0) is 12.6. The predicted molar refractivity (Wildman–Crippen MR) is 72.0 cm³/mol. The van der Waals surface area contributed by atoms with Crippen LogP contribution >= 0.6 is 0 Å². The fraction of sp³-hybridized carbons (Fsp3) is 0.312. The molecule has 0 amide bonds.